The van der Waals surface area contributed by atoms with Crippen molar-refractivity contribution >= 4 is 5.97 Å². The van der Waals surface area contributed by atoms with Crippen molar-refractivity contribution in [1.29, 1.82) is 0 Å². The van der Waals surface area contributed by atoms with Gasteiger partial charge in [-0.05, 0) is 45.3 Å². The normalized spacial score (nSPS) is 30.1. The van der Waals surface area contributed by atoms with Crippen LogP contribution >= 0.6 is 0 Å². The van der Waals surface area contributed by atoms with E-state index >= 15 is 0 Å². The molecule has 2 saturated heterocycles. The van der Waals surface area contributed by atoms with Crippen molar-refractivity contribution in [2.45, 2.75) is 51.2 Å². The molecule has 116 valence electrons. The van der Waals surface area contributed by atoms with Crippen molar-refractivity contribution in [3.63, 3.8) is 0 Å². The molecule has 2 rings (SSSR count). The first-order chi connectivity index (χ1) is 9.69. The van der Waals surface area contributed by atoms with Crippen molar-refractivity contribution < 1.29 is 14.6 Å². The van der Waals surface area contributed by atoms with E-state index in [4.69, 9.17) is 9.84 Å². The predicted molar refractivity (Wildman–Crippen MR) is 77.9 cm³/mol. The van der Waals surface area contributed by atoms with E-state index in [1.54, 1.807) is 0 Å². The van der Waals surface area contributed by atoms with Crippen molar-refractivity contribution in [2.24, 2.45) is 0 Å². The lowest BCUT2D eigenvalue weighted by atomic mass is 10.1. The number of carbonyl (C=O) groups is 1. The molecule has 0 aromatic carbocycles. The lowest BCUT2D eigenvalue weighted by Crippen LogP contribution is -2.48. The van der Waals surface area contributed by atoms with Crippen LogP contribution in [0.5, 0.6) is 0 Å². The number of carboxylic acids is 1. The fourth-order valence-corrected chi connectivity index (χ4v) is 3.44. The molecule has 0 radical (unpaired) electrons. The fraction of sp³-hybridized carbons (Fsp3) is 0.933. The van der Waals surface area contributed by atoms with Crippen molar-refractivity contribution in [3.05, 3.63) is 0 Å². The summed E-state index contributed by atoms with van der Waals surface area (Å²) in [4.78, 5) is 15.8. The van der Waals surface area contributed by atoms with Gasteiger partial charge in [-0.15, -0.1) is 0 Å². The van der Waals surface area contributed by atoms with Crippen molar-refractivity contribution in [3.8, 4) is 0 Å². The van der Waals surface area contributed by atoms with Gasteiger partial charge in [-0.1, -0.05) is 6.92 Å². The van der Waals surface area contributed by atoms with Gasteiger partial charge in [0.2, 0.25) is 0 Å². The number of morpholine rings is 1. The maximum absolute atomic E-state index is 10.8. The van der Waals surface area contributed by atoms with Gasteiger partial charge in [-0.3, -0.25) is 9.69 Å². The maximum Gasteiger partial charge on any atom is 0.306 e. The Morgan fingerprint density at radius 2 is 2.15 bits per heavy atom. The summed E-state index contributed by atoms with van der Waals surface area (Å²) in [5, 5.41) is 8.90. The average Bonchev–Trinajstić information content (AvgIpc) is 2.64. The first-order valence-corrected chi connectivity index (χ1v) is 7.99. The van der Waals surface area contributed by atoms with Crippen LogP contribution in [0.1, 0.15) is 39.0 Å². The number of rotatable bonds is 5. The number of likely N-dealkylation sites (tertiary alicyclic amines) is 1. The van der Waals surface area contributed by atoms with E-state index in [2.05, 4.69) is 16.7 Å². The second-order valence-corrected chi connectivity index (χ2v) is 6.01. The minimum absolute atomic E-state index is 0.128. The van der Waals surface area contributed by atoms with Crippen LogP contribution in [0.3, 0.4) is 0 Å². The van der Waals surface area contributed by atoms with Crippen LogP contribution in [0.15, 0.2) is 0 Å². The van der Waals surface area contributed by atoms with Gasteiger partial charge in [0, 0.05) is 19.1 Å². The Kier molecular flexibility index (Phi) is 6.26. The first kappa shape index (κ1) is 15.7. The Hall–Kier alpha value is -0.650. The average molecular weight is 284 g/mol. The first-order valence-electron chi connectivity index (χ1n) is 7.99. The number of hydrogen-bond acceptors (Lipinski definition) is 4. The monoisotopic (exact) mass is 284 g/mol. The molecule has 2 unspecified atom stereocenters. The number of ether oxygens (including phenoxy) is 1. The molecule has 0 aromatic rings. The van der Waals surface area contributed by atoms with Gasteiger partial charge >= 0.3 is 5.97 Å². The zero-order chi connectivity index (χ0) is 14.4. The molecular weight excluding hydrogens is 256 g/mol. The summed E-state index contributed by atoms with van der Waals surface area (Å²) >= 11 is 0. The summed E-state index contributed by atoms with van der Waals surface area (Å²) < 4.78 is 5.57. The van der Waals surface area contributed by atoms with Crippen LogP contribution in [-0.2, 0) is 9.53 Å². The highest BCUT2D eigenvalue weighted by Crippen LogP contribution is 2.20. The topological polar surface area (TPSA) is 53.0 Å². The number of carboxylic acid groups (broad SMARTS) is 1. The van der Waals surface area contributed by atoms with Crippen LogP contribution in [0.4, 0.5) is 0 Å². The molecule has 5 nitrogen and oxygen atoms in total. The molecule has 2 aliphatic rings. The molecule has 0 saturated carbocycles. The van der Waals surface area contributed by atoms with Gasteiger partial charge in [0.05, 0.1) is 19.1 Å². The predicted octanol–water partition coefficient (Wildman–Crippen LogP) is 1.43. The molecule has 5 heteroatoms. The molecule has 0 bridgehead atoms. The second kappa shape index (κ2) is 7.96. The number of nitrogens with zero attached hydrogens (tertiary/aromatic N) is 2. The third-order valence-corrected chi connectivity index (χ3v) is 4.42. The smallest absolute Gasteiger partial charge is 0.306 e. The summed E-state index contributed by atoms with van der Waals surface area (Å²) in [6.07, 6.45) is 4.93. The van der Waals surface area contributed by atoms with Gasteiger partial charge in [-0.2, -0.15) is 0 Å². The van der Waals surface area contributed by atoms with Crippen LogP contribution in [-0.4, -0.2) is 72.4 Å². The third-order valence-electron chi connectivity index (χ3n) is 4.42. The van der Waals surface area contributed by atoms with E-state index in [9.17, 15) is 4.79 Å². The van der Waals surface area contributed by atoms with Crippen molar-refractivity contribution in [1.82, 2.24) is 9.80 Å². The molecule has 0 aromatic heterocycles. The summed E-state index contributed by atoms with van der Waals surface area (Å²) in [5.74, 6) is -0.758. The van der Waals surface area contributed by atoms with E-state index in [0.717, 1.165) is 13.1 Å². The standard InChI is InChI=1S/C15H28N2O3/c1-2-6-16-7-3-4-13(5-8-16)17-9-10-20-14(12-17)11-15(18)19/h13-14H,2-12H2,1H3,(H,18,19). The minimum atomic E-state index is -0.758. The Labute approximate surface area is 121 Å². The van der Waals surface area contributed by atoms with Gasteiger partial charge in [0.25, 0.3) is 0 Å². The van der Waals surface area contributed by atoms with Gasteiger partial charge in [-0.25, -0.2) is 0 Å². The summed E-state index contributed by atoms with van der Waals surface area (Å²) in [7, 11) is 0. The van der Waals surface area contributed by atoms with E-state index in [1.165, 1.54) is 45.3 Å². The highest BCUT2D eigenvalue weighted by atomic mass is 16.5. The maximum atomic E-state index is 10.8. The lowest BCUT2D eigenvalue weighted by molar-refractivity contribution is -0.142. The van der Waals surface area contributed by atoms with Crippen LogP contribution in [0.2, 0.25) is 0 Å². The lowest BCUT2D eigenvalue weighted by Gasteiger charge is -2.37. The quantitative estimate of drug-likeness (QED) is 0.827. The van der Waals surface area contributed by atoms with Gasteiger partial charge in [0.15, 0.2) is 0 Å². The molecule has 2 atom stereocenters. The van der Waals surface area contributed by atoms with E-state index in [0.29, 0.717) is 12.6 Å². The molecule has 2 heterocycles. The van der Waals surface area contributed by atoms with E-state index in [1.807, 2.05) is 0 Å². The van der Waals surface area contributed by atoms with Crippen LogP contribution < -0.4 is 0 Å². The number of aliphatic carboxylic acids is 1. The third kappa shape index (κ3) is 4.72. The highest BCUT2D eigenvalue weighted by molar-refractivity contribution is 5.67. The Bertz CT molecular complexity index is 311. The van der Waals surface area contributed by atoms with Gasteiger partial charge in [0.1, 0.15) is 0 Å². The zero-order valence-electron chi connectivity index (χ0n) is 12.6. The van der Waals surface area contributed by atoms with Crippen LogP contribution in [0, 0.1) is 0 Å². The molecule has 2 aliphatic heterocycles. The summed E-state index contributed by atoms with van der Waals surface area (Å²) in [6, 6.07) is 0.608. The number of hydrogen-bond donors (Lipinski definition) is 1. The minimum Gasteiger partial charge on any atom is -0.481 e. The largest absolute Gasteiger partial charge is 0.481 e. The van der Waals surface area contributed by atoms with Gasteiger partial charge < -0.3 is 14.7 Å². The SMILES string of the molecule is CCCN1CCCC(N2CCOC(CC(=O)O)C2)CC1. The molecule has 0 aliphatic carbocycles. The summed E-state index contributed by atoms with van der Waals surface area (Å²) in [5.41, 5.74) is 0. The Balaban J connectivity index is 1.82. The zero-order valence-corrected chi connectivity index (χ0v) is 12.6. The molecule has 1 N–H and O–H groups in total. The van der Waals surface area contributed by atoms with Crippen LogP contribution in [0.25, 0.3) is 0 Å². The molecule has 2 fully saturated rings. The van der Waals surface area contributed by atoms with Crippen molar-refractivity contribution in [2.75, 3.05) is 39.3 Å². The summed E-state index contributed by atoms with van der Waals surface area (Å²) in [6.45, 7) is 8.25. The Morgan fingerprint density at radius 3 is 2.90 bits per heavy atom. The second-order valence-electron chi connectivity index (χ2n) is 6.01. The Morgan fingerprint density at radius 1 is 1.30 bits per heavy atom. The van der Waals surface area contributed by atoms with E-state index in [-0.39, 0.29) is 12.5 Å². The highest BCUT2D eigenvalue weighted by Gasteiger charge is 2.28. The molecular formula is C15H28N2O3. The molecule has 0 spiro atoms. The molecule has 0 amide bonds. The fourth-order valence-electron chi connectivity index (χ4n) is 3.44. The molecule has 20 heavy (non-hydrogen) atoms. The van der Waals surface area contributed by atoms with E-state index < -0.39 is 5.97 Å².